The Morgan fingerprint density at radius 2 is 1.69 bits per heavy atom. The zero-order valence-corrected chi connectivity index (χ0v) is 10.7. The minimum atomic E-state index is -0.431. The van der Waals surface area contributed by atoms with E-state index in [2.05, 4.69) is 13.8 Å². The minimum Gasteiger partial charge on any atom is -0.390 e. The molecule has 3 atom stereocenters. The fraction of sp³-hybridized carbons (Fsp3) is 1.00. The van der Waals surface area contributed by atoms with Crippen LogP contribution in [-0.4, -0.2) is 23.9 Å². The molecule has 1 aliphatic heterocycles. The molecular formula is C14H26O2. The Morgan fingerprint density at radius 3 is 2.38 bits per heavy atom. The lowest BCUT2D eigenvalue weighted by Gasteiger charge is -2.42. The molecule has 2 aliphatic rings. The standard InChI is InChI=1S/C14H26O2/c1-11-8-12(2)10-13(9-11)14(15)4-3-6-16-7-5-14/h11-13,15H,3-10H2,1-2H3. The summed E-state index contributed by atoms with van der Waals surface area (Å²) in [5.74, 6) is 2.07. The average Bonchev–Trinajstić information content (AvgIpc) is 2.43. The number of rotatable bonds is 1. The summed E-state index contributed by atoms with van der Waals surface area (Å²) in [5.41, 5.74) is -0.431. The molecule has 2 fully saturated rings. The number of hydrogen-bond acceptors (Lipinski definition) is 2. The van der Waals surface area contributed by atoms with Crippen molar-refractivity contribution in [3.05, 3.63) is 0 Å². The molecule has 0 spiro atoms. The molecule has 1 saturated carbocycles. The molecule has 1 aliphatic carbocycles. The van der Waals surface area contributed by atoms with Crippen LogP contribution in [-0.2, 0) is 4.74 Å². The largest absolute Gasteiger partial charge is 0.390 e. The lowest BCUT2D eigenvalue weighted by atomic mass is 9.67. The molecule has 1 saturated heterocycles. The van der Waals surface area contributed by atoms with E-state index in [1.807, 2.05) is 0 Å². The van der Waals surface area contributed by atoms with E-state index in [0.29, 0.717) is 5.92 Å². The Kier molecular flexibility index (Phi) is 3.91. The maximum atomic E-state index is 10.8. The predicted octanol–water partition coefficient (Wildman–Crippen LogP) is 2.99. The van der Waals surface area contributed by atoms with Crippen molar-refractivity contribution in [3.8, 4) is 0 Å². The molecule has 0 aromatic heterocycles. The molecule has 2 nitrogen and oxygen atoms in total. The molecule has 0 radical (unpaired) electrons. The summed E-state index contributed by atoms with van der Waals surface area (Å²) in [7, 11) is 0. The van der Waals surface area contributed by atoms with Gasteiger partial charge in [-0.05, 0) is 56.3 Å². The molecule has 1 heterocycles. The highest BCUT2D eigenvalue weighted by Gasteiger charge is 2.40. The van der Waals surface area contributed by atoms with Gasteiger partial charge in [-0.15, -0.1) is 0 Å². The lowest BCUT2D eigenvalue weighted by molar-refractivity contribution is -0.0618. The Hall–Kier alpha value is -0.0800. The Balaban J connectivity index is 2.02. The SMILES string of the molecule is CC1CC(C)CC(C2(O)CCCOCC2)C1. The van der Waals surface area contributed by atoms with Crippen LogP contribution in [0.3, 0.4) is 0 Å². The van der Waals surface area contributed by atoms with Crippen molar-refractivity contribution in [1.82, 2.24) is 0 Å². The van der Waals surface area contributed by atoms with Gasteiger partial charge in [0, 0.05) is 13.2 Å². The van der Waals surface area contributed by atoms with Crippen LogP contribution in [0.25, 0.3) is 0 Å². The van der Waals surface area contributed by atoms with Gasteiger partial charge in [0.1, 0.15) is 0 Å². The van der Waals surface area contributed by atoms with Gasteiger partial charge in [0.15, 0.2) is 0 Å². The van der Waals surface area contributed by atoms with E-state index in [0.717, 1.165) is 44.3 Å². The summed E-state index contributed by atoms with van der Waals surface area (Å²) < 4.78 is 5.47. The van der Waals surface area contributed by atoms with Crippen LogP contribution in [0.5, 0.6) is 0 Å². The fourth-order valence-electron chi connectivity index (χ4n) is 3.75. The molecule has 0 bridgehead atoms. The van der Waals surface area contributed by atoms with Gasteiger partial charge in [-0.2, -0.15) is 0 Å². The Bertz CT molecular complexity index is 209. The van der Waals surface area contributed by atoms with E-state index in [1.54, 1.807) is 0 Å². The van der Waals surface area contributed by atoms with Gasteiger partial charge in [0.25, 0.3) is 0 Å². The zero-order valence-electron chi connectivity index (χ0n) is 10.7. The van der Waals surface area contributed by atoms with Gasteiger partial charge < -0.3 is 9.84 Å². The topological polar surface area (TPSA) is 29.5 Å². The van der Waals surface area contributed by atoms with Crippen LogP contribution < -0.4 is 0 Å². The van der Waals surface area contributed by atoms with Gasteiger partial charge >= 0.3 is 0 Å². The highest BCUT2D eigenvalue weighted by molar-refractivity contribution is 4.91. The quantitative estimate of drug-likeness (QED) is 0.745. The van der Waals surface area contributed by atoms with Gasteiger partial charge in [0.05, 0.1) is 5.60 Å². The molecule has 3 unspecified atom stereocenters. The maximum Gasteiger partial charge on any atom is 0.0698 e. The smallest absolute Gasteiger partial charge is 0.0698 e. The third kappa shape index (κ3) is 2.78. The summed E-state index contributed by atoms with van der Waals surface area (Å²) in [5, 5.41) is 10.8. The second-order valence-electron chi connectivity index (χ2n) is 6.18. The van der Waals surface area contributed by atoms with Crippen molar-refractivity contribution in [2.75, 3.05) is 13.2 Å². The molecule has 16 heavy (non-hydrogen) atoms. The average molecular weight is 226 g/mol. The summed E-state index contributed by atoms with van der Waals surface area (Å²) in [4.78, 5) is 0. The van der Waals surface area contributed by atoms with Crippen molar-refractivity contribution >= 4 is 0 Å². The number of aliphatic hydroxyl groups is 1. The highest BCUT2D eigenvalue weighted by Crippen LogP contribution is 2.42. The predicted molar refractivity (Wildman–Crippen MR) is 65.3 cm³/mol. The molecule has 0 aromatic rings. The number of ether oxygens (including phenoxy) is 1. The van der Waals surface area contributed by atoms with Crippen molar-refractivity contribution in [2.45, 2.75) is 58.0 Å². The van der Waals surface area contributed by atoms with Crippen LogP contribution in [0.1, 0.15) is 52.4 Å². The molecule has 0 aromatic carbocycles. The van der Waals surface area contributed by atoms with Crippen LogP contribution in [0.2, 0.25) is 0 Å². The summed E-state index contributed by atoms with van der Waals surface area (Å²) in [6.45, 7) is 6.24. The third-order valence-electron chi connectivity index (χ3n) is 4.52. The van der Waals surface area contributed by atoms with E-state index < -0.39 is 5.60 Å². The van der Waals surface area contributed by atoms with E-state index in [9.17, 15) is 5.11 Å². The Morgan fingerprint density at radius 1 is 1.00 bits per heavy atom. The first-order chi connectivity index (χ1) is 7.60. The molecule has 0 amide bonds. The Labute approximate surface area is 99.4 Å². The molecular weight excluding hydrogens is 200 g/mol. The van der Waals surface area contributed by atoms with Crippen LogP contribution in [0, 0.1) is 17.8 Å². The normalized spacial score (nSPS) is 46.3. The summed E-state index contributed by atoms with van der Waals surface area (Å²) in [6, 6.07) is 0. The van der Waals surface area contributed by atoms with Crippen molar-refractivity contribution in [3.63, 3.8) is 0 Å². The lowest BCUT2D eigenvalue weighted by Crippen LogP contribution is -2.42. The zero-order chi connectivity index (χ0) is 11.6. The van der Waals surface area contributed by atoms with E-state index in [1.165, 1.54) is 19.3 Å². The highest BCUT2D eigenvalue weighted by atomic mass is 16.5. The fourth-order valence-corrected chi connectivity index (χ4v) is 3.75. The second kappa shape index (κ2) is 5.05. The minimum absolute atomic E-state index is 0.431. The molecule has 1 N–H and O–H groups in total. The van der Waals surface area contributed by atoms with Crippen molar-refractivity contribution in [1.29, 1.82) is 0 Å². The van der Waals surface area contributed by atoms with Gasteiger partial charge in [-0.1, -0.05) is 13.8 Å². The first kappa shape index (κ1) is 12.4. The van der Waals surface area contributed by atoms with E-state index >= 15 is 0 Å². The monoisotopic (exact) mass is 226 g/mol. The van der Waals surface area contributed by atoms with Crippen LogP contribution in [0.15, 0.2) is 0 Å². The number of hydrogen-bond donors (Lipinski definition) is 1. The first-order valence-corrected chi connectivity index (χ1v) is 6.90. The van der Waals surface area contributed by atoms with Gasteiger partial charge in [-0.25, -0.2) is 0 Å². The first-order valence-electron chi connectivity index (χ1n) is 6.90. The molecule has 2 heteroatoms. The summed E-state index contributed by atoms with van der Waals surface area (Å²) in [6.07, 6.45) is 6.56. The second-order valence-corrected chi connectivity index (χ2v) is 6.18. The van der Waals surface area contributed by atoms with Gasteiger partial charge in [0.2, 0.25) is 0 Å². The molecule has 2 rings (SSSR count). The van der Waals surface area contributed by atoms with Crippen LogP contribution >= 0.6 is 0 Å². The van der Waals surface area contributed by atoms with E-state index in [4.69, 9.17) is 4.74 Å². The van der Waals surface area contributed by atoms with Crippen LogP contribution in [0.4, 0.5) is 0 Å². The van der Waals surface area contributed by atoms with Crippen molar-refractivity contribution < 1.29 is 9.84 Å². The molecule has 94 valence electrons. The van der Waals surface area contributed by atoms with E-state index in [-0.39, 0.29) is 0 Å². The maximum absolute atomic E-state index is 10.8. The third-order valence-corrected chi connectivity index (χ3v) is 4.52. The van der Waals surface area contributed by atoms with Gasteiger partial charge in [-0.3, -0.25) is 0 Å². The van der Waals surface area contributed by atoms with Crippen molar-refractivity contribution in [2.24, 2.45) is 17.8 Å². The summed E-state index contributed by atoms with van der Waals surface area (Å²) >= 11 is 0.